The minimum atomic E-state index is -1.10. The van der Waals surface area contributed by atoms with Crippen LogP contribution in [0.2, 0.25) is 0 Å². The van der Waals surface area contributed by atoms with Crippen LogP contribution in [-0.4, -0.2) is 28.8 Å². The highest BCUT2D eigenvalue weighted by Gasteiger charge is 2.19. The Morgan fingerprint density at radius 2 is 2.26 bits per heavy atom. The number of halogens is 1. The summed E-state index contributed by atoms with van der Waals surface area (Å²) in [4.78, 5) is 22.6. The van der Waals surface area contributed by atoms with Crippen molar-refractivity contribution in [1.29, 1.82) is 5.26 Å². The average molecular weight is 343 g/mol. The summed E-state index contributed by atoms with van der Waals surface area (Å²) >= 11 is 4.51. The van der Waals surface area contributed by atoms with Crippen molar-refractivity contribution in [2.24, 2.45) is 0 Å². The van der Waals surface area contributed by atoms with Crippen LogP contribution in [0.1, 0.15) is 12.5 Å². The van der Waals surface area contributed by atoms with Crippen LogP contribution < -0.4 is 5.32 Å². The number of nitriles is 1. The third-order valence-electron chi connectivity index (χ3n) is 2.15. The first-order valence-corrected chi connectivity index (χ1v) is 7.04. The topological polar surface area (TPSA) is 90.2 Å². The molecule has 0 aliphatic rings. The summed E-state index contributed by atoms with van der Waals surface area (Å²) in [7, 11) is 0. The molecule has 0 bridgehead atoms. The predicted molar refractivity (Wildman–Crippen MR) is 74.8 cm³/mol. The van der Waals surface area contributed by atoms with Gasteiger partial charge in [-0.25, -0.2) is 4.79 Å². The minimum Gasteiger partial charge on any atom is -0.480 e. The van der Waals surface area contributed by atoms with Gasteiger partial charge in [0.15, 0.2) is 0 Å². The summed E-state index contributed by atoms with van der Waals surface area (Å²) in [6.07, 6.45) is 0. The van der Waals surface area contributed by atoms with Gasteiger partial charge in [0, 0.05) is 22.0 Å². The van der Waals surface area contributed by atoms with Crippen molar-refractivity contribution in [2.75, 3.05) is 5.75 Å². The zero-order chi connectivity index (χ0) is 14.4. The van der Waals surface area contributed by atoms with E-state index in [-0.39, 0.29) is 5.75 Å². The molecule has 0 aliphatic heterocycles. The maximum Gasteiger partial charge on any atom is 0.327 e. The number of hydrogen-bond donors (Lipinski definition) is 2. The third-order valence-corrected chi connectivity index (χ3v) is 3.79. The van der Waals surface area contributed by atoms with Gasteiger partial charge < -0.3 is 10.4 Å². The quantitative estimate of drug-likeness (QED) is 0.798. The van der Waals surface area contributed by atoms with E-state index in [0.717, 1.165) is 4.47 Å². The SMILES string of the molecule is CC(=O)NC(CSc1cc(Br)ccc1C#N)C(=O)O. The highest BCUT2D eigenvalue weighted by Crippen LogP contribution is 2.26. The van der Waals surface area contributed by atoms with Crippen molar-refractivity contribution in [1.82, 2.24) is 5.32 Å². The Bertz CT molecular complexity index is 542. The van der Waals surface area contributed by atoms with Crippen molar-refractivity contribution in [3.63, 3.8) is 0 Å². The standard InChI is InChI=1S/C12H11BrN2O3S/c1-7(16)15-10(12(17)18)6-19-11-4-9(13)3-2-8(11)5-14/h2-4,10H,6H2,1H3,(H,15,16)(H,17,18). The first-order valence-electron chi connectivity index (χ1n) is 5.26. The number of carbonyl (C=O) groups is 2. The molecule has 5 nitrogen and oxygen atoms in total. The summed E-state index contributed by atoms with van der Waals surface area (Å²) in [5.41, 5.74) is 0.472. The molecule has 7 heteroatoms. The van der Waals surface area contributed by atoms with Crippen LogP contribution in [0.5, 0.6) is 0 Å². The molecule has 0 heterocycles. The molecule has 1 atom stereocenters. The maximum absolute atomic E-state index is 11.0. The van der Waals surface area contributed by atoms with E-state index in [1.165, 1.54) is 18.7 Å². The Morgan fingerprint density at radius 3 is 2.79 bits per heavy atom. The smallest absolute Gasteiger partial charge is 0.327 e. The number of carboxylic acid groups (broad SMARTS) is 1. The van der Waals surface area contributed by atoms with Gasteiger partial charge in [-0.05, 0) is 18.2 Å². The predicted octanol–water partition coefficient (Wildman–Crippen LogP) is 2.00. The lowest BCUT2D eigenvalue weighted by atomic mass is 10.2. The van der Waals surface area contributed by atoms with E-state index in [1.807, 2.05) is 6.07 Å². The number of carbonyl (C=O) groups excluding carboxylic acids is 1. The second-order valence-corrected chi connectivity index (χ2v) is 5.63. The lowest BCUT2D eigenvalue weighted by Crippen LogP contribution is -2.41. The van der Waals surface area contributed by atoms with Crippen molar-refractivity contribution < 1.29 is 14.7 Å². The number of nitrogens with one attached hydrogen (secondary N) is 1. The lowest BCUT2D eigenvalue weighted by Gasteiger charge is -2.13. The molecule has 0 radical (unpaired) electrons. The Morgan fingerprint density at radius 1 is 1.58 bits per heavy atom. The molecular weight excluding hydrogens is 332 g/mol. The summed E-state index contributed by atoms with van der Waals surface area (Å²) in [5.74, 6) is -1.35. The van der Waals surface area contributed by atoms with Crippen LogP contribution >= 0.6 is 27.7 Å². The fraction of sp³-hybridized carbons (Fsp3) is 0.250. The van der Waals surface area contributed by atoms with Gasteiger partial charge in [0.05, 0.1) is 5.56 Å². The molecule has 19 heavy (non-hydrogen) atoms. The van der Waals surface area contributed by atoms with Crippen LogP contribution in [0.25, 0.3) is 0 Å². The highest BCUT2D eigenvalue weighted by molar-refractivity contribution is 9.10. The molecule has 1 amide bonds. The van der Waals surface area contributed by atoms with Crippen molar-refractivity contribution in [3.8, 4) is 6.07 Å². The normalized spacial score (nSPS) is 11.4. The van der Waals surface area contributed by atoms with Gasteiger partial charge in [-0.3, -0.25) is 4.79 Å². The van der Waals surface area contributed by atoms with Gasteiger partial charge in [-0.1, -0.05) is 15.9 Å². The first kappa shape index (κ1) is 15.5. The molecule has 1 aromatic rings. The van der Waals surface area contributed by atoms with Crippen LogP contribution in [0.4, 0.5) is 0 Å². The van der Waals surface area contributed by atoms with Gasteiger partial charge in [0.2, 0.25) is 5.91 Å². The van der Waals surface area contributed by atoms with Crippen molar-refractivity contribution in [3.05, 3.63) is 28.2 Å². The molecule has 1 aromatic carbocycles. The Labute approximate surface area is 123 Å². The van der Waals surface area contributed by atoms with Crippen molar-refractivity contribution >= 4 is 39.6 Å². The summed E-state index contributed by atoms with van der Waals surface area (Å²) < 4.78 is 0.806. The van der Waals surface area contributed by atoms with Gasteiger partial charge in [0.1, 0.15) is 12.1 Å². The van der Waals surface area contributed by atoms with E-state index < -0.39 is 17.9 Å². The number of rotatable bonds is 5. The molecule has 0 fully saturated rings. The number of hydrogen-bond acceptors (Lipinski definition) is 4. The van der Waals surface area contributed by atoms with Gasteiger partial charge >= 0.3 is 5.97 Å². The molecule has 100 valence electrons. The average Bonchev–Trinajstić information content (AvgIpc) is 2.34. The van der Waals surface area contributed by atoms with E-state index >= 15 is 0 Å². The van der Waals surface area contributed by atoms with E-state index in [0.29, 0.717) is 10.5 Å². The van der Waals surface area contributed by atoms with E-state index in [1.54, 1.807) is 18.2 Å². The minimum absolute atomic E-state index is 0.153. The van der Waals surface area contributed by atoms with E-state index in [9.17, 15) is 9.59 Å². The number of benzene rings is 1. The van der Waals surface area contributed by atoms with E-state index in [2.05, 4.69) is 21.2 Å². The fourth-order valence-corrected chi connectivity index (χ4v) is 2.87. The molecule has 1 unspecified atom stereocenters. The molecule has 0 spiro atoms. The molecule has 0 aliphatic carbocycles. The van der Waals surface area contributed by atoms with Gasteiger partial charge in [-0.2, -0.15) is 5.26 Å². The second-order valence-electron chi connectivity index (χ2n) is 3.65. The van der Waals surface area contributed by atoms with Crippen LogP contribution in [0, 0.1) is 11.3 Å². The largest absolute Gasteiger partial charge is 0.480 e. The number of carboxylic acids is 1. The molecule has 1 rings (SSSR count). The second kappa shape index (κ2) is 7.16. The molecular formula is C12H11BrN2O3S. The zero-order valence-corrected chi connectivity index (χ0v) is 12.4. The number of aliphatic carboxylic acids is 1. The highest BCUT2D eigenvalue weighted by atomic mass is 79.9. The lowest BCUT2D eigenvalue weighted by molar-refractivity contribution is -0.140. The summed E-state index contributed by atoms with van der Waals surface area (Å²) in [6.45, 7) is 1.26. The zero-order valence-electron chi connectivity index (χ0n) is 10.0. The van der Waals surface area contributed by atoms with Gasteiger partial charge in [-0.15, -0.1) is 11.8 Å². The summed E-state index contributed by atoms with van der Waals surface area (Å²) in [5, 5.41) is 20.3. The number of amides is 1. The fourth-order valence-electron chi connectivity index (χ4n) is 1.30. The Balaban J connectivity index is 2.79. The third kappa shape index (κ3) is 4.93. The molecule has 2 N–H and O–H groups in total. The first-order chi connectivity index (χ1) is 8.93. The van der Waals surface area contributed by atoms with Crippen LogP contribution in [0.15, 0.2) is 27.6 Å². The van der Waals surface area contributed by atoms with Crippen LogP contribution in [-0.2, 0) is 9.59 Å². The Kier molecular flexibility index (Phi) is 5.86. The summed E-state index contributed by atoms with van der Waals surface area (Å²) in [6, 6.07) is 6.20. The number of thioether (sulfide) groups is 1. The molecule has 0 aromatic heterocycles. The monoisotopic (exact) mass is 342 g/mol. The van der Waals surface area contributed by atoms with Crippen molar-refractivity contribution in [2.45, 2.75) is 17.9 Å². The molecule has 0 saturated carbocycles. The van der Waals surface area contributed by atoms with Gasteiger partial charge in [0.25, 0.3) is 0 Å². The van der Waals surface area contributed by atoms with E-state index in [4.69, 9.17) is 10.4 Å². The Hall–Kier alpha value is -1.52. The molecule has 0 saturated heterocycles. The maximum atomic E-state index is 11.0. The van der Waals surface area contributed by atoms with Crippen LogP contribution in [0.3, 0.4) is 0 Å². The number of nitrogens with zero attached hydrogens (tertiary/aromatic N) is 1.